The van der Waals surface area contributed by atoms with E-state index in [0.29, 0.717) is 16.9 Å². The zero-order valence-corrected chi connectivity index (χ0v) is 16.4. The number of thiazole rings is 1. The molecule has 1 aliphatic rings. The Morgan fingerprint density at radius 1 is 1.21 bits per heavy atom. The van der Waals surface area contributed by atoms with Gasteiger partial charge in [0.1, 0.15) is 12.3 Å². The second-order valence-corrected chi connectivity index (χ2v) is 9.56. The summed E-state index contributed by atoms with van der Waals surface area (Å²) >= 11 is 0.642. The fourth-order valence-corrected chi connectivity index (χ4v) is 4.17. The van der Waals surface area contributed by atoms with Crippen LogP contribution in [-0.4, -0.2) is 37.9 Å². The maximum atomic E-state index is 13.5. The Labute approximate surface area is 164 Å². The number of nitrogens with one attached hydrogen (secondary N) is 1. The molecule has 10 heteroatoms. The molecule has 3 rings (SSSR count). The zero-order valence-electron chi connectivity index (χ0n) is 14.7. The first-order chi connectivity index (χ1) is 13.1. The second kappa shape index (κ2) is 8.04. The monoisotopic (exact) mass is 430 g/mol. The Hall–Kier alpha value is -2.20. The molecule has 150 valence electrons. The second-order valence-electron chi connectivity index (χ2n) is 6.56. The standard InChI is InChI=1S/C18H17F3N2O3S2/c1-28(25,26)12-4-2-11(3-5-12)13(6-10-7-14(19)15(20)8-10)17(24)23-18-22-9-16(21)27-18/h2-6,9-10,14-15H,7-8H2,1H3,(H,22,23,24)/b13-6+/t10?,14-,15+. The first-order valence-corrected chi connectivity index (χ1v) is 11.1. The van der Waals surface area contributed by atoms with Gasteiger partial charge in [-0.3, -0.25) is 10.1 Å². The number of alkyl halides is 2. The summed E-state index contributed by atoms with van der Waals surface area (Å²) in [6.07, 6.45) is 0.210. The van der Waals surface area contributed by atoms with Gasteiger partial charge in [-0.05, 0) is 36.5 Å². The number of sulfone groups is 1. The molecular formula is C18H17F3N2O3S2. The molecular weight excluding hydrogens is 413 g/mol. The van der Waals surface area contributed by atoms with Crippen LogP contribution in [0.3, 0.4) is 0 Å². The maximum absolute atomic E-state index is 13.5. The van der Waals surface area contributed by atoms with E-state index in [0.717, 1.165) is 12.5 Å². The van der Waals surface area contributed by atoms with E-state index < -0.39 is 39.1 Å². The fourth-order valence-electron chi connectivity index (χ4n) is 3.00. The molecule has 3 atom stereocenters. The fraction of sp³-hybridized carbons (Fsp3) is 0.333. The van der Waals surface area contributed by atoms with Crippen molar-refractivity contribution < 1.29 is 26.4 Å². The van der Waals surface area contributed by atoms with Crippen molar-refractivity contribution in [2.45, 2.75) is 30.1 Å². The zero-order chi connectivity index (χ0) is 20.5. The molecule has 0 spiro atoms. The highest BCUT2D eigenvalue weighted by molar-refractivity contribution is 7.90. The number of hydrogen-bond donors (Lipinski definition) is 1. The van der Waals surface area contributed by atoms with Gasteiger partial charge in [-0.1, -0.05) is 29.5 Å². The lowest BCUT2D eigenvalue weighted by atomic mass is 9.98. The van der Waals surface area contributed by atoms with Gasteiger partial charge in [-0.15, -0.1) is 0 Å². The number of aromatic nitrogens is 1. The summed E-state index contributed by atoms with van der Waals surface area (Å²) in [5, 5.41) is 1.92. The van der Waals surface area contributed by atoms with E-state index in [1.54, 1.807) is 0 Å². The van der Waals surface area contributed by atoms with Crippen LogP contribution in [0.4, 0.5) is 18.3 Å². The Kier molecular flexibility index (Phi) is 5.90. The molecule has 1 heterocycles. The molecule has 1 aliphatic carbocycles. The average molecular weight is 430 g/mol. The predicted molar refractivity (Wildman–Crippen MR) is 101 cm³/mol. The van der Waals surface area contributed by atoms with Gasteiger partial charge in [0.05, 0.1) is 11.1 Å². The van der Waals surface area contributed by atoms with Crippen molar-refractivity contribution in [1.29, 1.82) is 0 Å². The number of carbonyl (C=O) groups is 1. The molecule has 0 radical (unpaired) electrons. The van der Waals surface area contributed by atoms with Gasteiger partial charge in [-0.25, -0.2) is 22.2 Å². The highest BCUT2D eigenvalue weighted by Crippen LogP contribution is 2.34. The van der Waals surface area contributed by atoms with Crippen molar-refractivity contribution >= 4 is 37.8 Å². The summed E-state index contributed by atoms with van der Waals surface area (Å²) in [5.41, 5.74) is 0.488. The number of amides is 1. The molecule has 5 nitrogen and oxygen atoms in total. The number of rotatable bonds is 5. The van der Waals surface area contributed by atoms with Gasteiger partial charge in [0.25, 0.3) is 5.91 Å². The lowest BCUT2D eigenvalue weighted by Crippen LogP contribution is -2.14. The van der Waals surface area contributed by atoms with Gasteiger partial charge < -0.3 is 0 Å². The molecule has 0 aliphatic heterocycles. The van der Waals surface area contributed by atoms with Crippen LogP contribution in [0.1, 0.15) is 18.4 Å². The first-order valence-electron chi connectivity index (χ1n) is 8.36. The SMILES string of the molecule is CS(=O)(=O)c1ccc(/C(=C\C2C[C@@H](F)[C@@H](F)C2)C(=O)Nc2ncc(F)s2)cc1. The molecule has 1 aromatic heterocycles. The summed E-state index contributed by atoms with van der Waals surface area (Å²) in [4.78, 5) is 16.5. The number of hydrogen-bond acceptors (Lipinski definition) is 5. The van der Waals surface area contributed by atoms with Gasteiger partial charge in [0.2, 0.25) is 0 Å². The molecule has 0 bridgehead atoms. The van der Waals surface area contributed by atoms with Crippen molar-refractivity contribution in [2.24, 2.45) is 5.92 Å². The van der Waals surface area contributed by atoms with E-state index >= 15 is 0 Å². The lowest BCUT2D eigenvalue weighted by Gasteiger charge is -2.11. The number of allylic oxidation sites excluding steroid dienone is 1. The summed E-state index contributed by atoms with van der Waals surface area (Å²) in [6.45, 7) is 0. The Morgan fingerprint density at radius 3 is 2.32 bits per heavy atom. The molecule has 28 heavy (non-hydrogen) atoms. The molecule has 1 saturated carbocycles. The van der Waals surface area contributed by atoms with Crippen molar-refractivity contribution in [2.75, 3.05) is 11.6 Å². The van der Waals surface area contributed by atoms with Crippen LogP contribution in [0.15, 0.2) is 41.4 Å². The largest absolute Gasteiger partial charge is 0.298 e. The third kappa shape index (κ3) is 4.79. The Bertz CT molecular complexity index is 993. The van der Waals surface area contributed by atoms with E-state index in [1.807, 2.05) is 0 Å². The van der Waals surface area contributed by atoms with Crippen LogP contribution < -0.4 is 5.32 Å². The van der Waals surface area contributed by atoms with Gasteiger partial charge in [0, 0.05) is 11.8 Å². The number of carbonyl (C=O) groups excluding carboxylic acids is 1. The number of benzene rings is 1. The van der Waals surface area contributed by atoms with Crippen LogP contribution in [0.25, 0.3) is 5.57 Å². The summed E-state index contributed by atoms with van der Waals surface area (Å²) < 4.78 is 63.4. The Balaban J connectivity index is 1.93. The minimum atomic E-state index is -3.42. The molecule has 1 amide bonds. The molecule has 1 N–H and O–H groups in total. The van der Waals surface area contributed by atoms with E-state index in [9.17, 15) is 26.4 Å². The normalized spacial score (nSPS) is 23.0. The summed E-state index contributed by atoms with van der Waals surface area (Å²) in [5.74, 6) is -1.12. The average Bonchev–Trinajstić information content (AvgIpc) is 3.17. The minimum absolute atomic E-state index is 0.0410. The maximum Gasteiger partial charge on any atom is 0.257 e. The number of nitrogens with zero attached hydrogens (tertiary/aromatic N) is 1. The third-order valence-corrected chi connectivity index (χ3v) is 6.22. The highest BCUT2D eigenvalue weighted by atomic mass is 32.2. The topological polar surface area (TPSA) is 76.1 Å². The van der Waals surface area contributed by atoms with Crippen molar-refractivity contribution in [3.05, 3.63) is 47.2 Å². The highest BCUT2D eigenvalue weighted by Gasteiger charge is 2.34. The lowest BCUT2D eigenvalue weighted by molar-refractivity contribution is -0.111. The minimum Gasteiger partial charge on any atom is -0.298 e. The van der Waals surface area contributed by atoms with Crippen molar-refractivity contribution in [3.8, 4) is 0 Å². The van der Waals surface area contributed by atoms with Crippen LogP contribution >= 0.6 is 11.3 Å². The third-order valence-electron chi connectivity index (χ3n) is 4.39. The van der Waals surface area contributed by atoms with E-state index in [2.05, 4.69) is 10.3 Å². The summed E-state index contributed by atoms with van der Waals surface area (Å²) in [7, 11) is -3.42. The van der Waals surface area contributed by atoms with E-state index in [-0.39, 0.29) is 28.4 Å². The van der Waals surface area contributed by atoms with Crippen LogP contribution in [0.2, 0.25) is 0 Å². The molecule has 1 unspecified atom stereocenters. The summed E-state index contributed by atoms with van der Waals surface area (Å²) in [6, 6.07) is 5.58. The molecule has 0 saturated heterocycles. The van der Waals surface area contributed by atoms with E-state index in [1.165, 1.54) is 30.3 Å². The van der Waals surface area contributed by atoms with Crippen molar-refractivity contribution in [3.63, 3.8) is 0 Å². The quantitative estimate of drug-likeness (QED) is 0.733. The van der Waals surface area contributed by atoms with Crippen molar-refractivity contribution in [1.82, 2.24) is 4.98 Å². The van der Waals surface area contributed by atoms with Crippen LogP contribution in [0.5, 0.6) is 0 Å². The van der Waals surface area contributed by atoms with Crippen LogP contribution in [0, 0.1) is 11.0 Å². The van der Waals surface area contributed by atoms with Gasteiger partial charge in [0.15, 0.2) is 20.1 Å². The first kappa shape index (κ1) is 20.5. The number of anilines is 1. The van der Waals surface area contributed by atoms with Crippen LogP contribution in [-0.2, 0) is 14.6 Å². The Morgan fingerprint density at radius 2 is 1.82 bits per heavy atom. The molecule has 1 aromatic carbocycles. The van der Waals surface area contributed by atoms with Gasteiger partial charge >= 0.3 is 0 Å². The van der Waals surface area contributed by atoms with Gasteiger partial charge in [-0.2, -0.15) is 4.39 Å². The predicted octanol–water partition coefficient (Wildman–Crippen LogP) is 3.79. The molecule has 2 aromatic rings. The van der Waals surface area contributed by atoms with E-state index in [4.69, 9.17) is 0 Å². The smallest absolute Gasteiger partial charge is 0.257 e. The number of halogens is 3. The molecule has 1 fully saturated rings.